The number of pyridine rings is 1. The first-order chi connectivity index (χ1) is 6.65. The van der Waals surface area contributed by atoms with Gasteiger partial charge in [0, 0.05) is 6.20 Å². The minimum absolute atomic E-state index is 0.0671. The van der Waals surface area contributed by atoms with Gasteiger partial charge in [0.05, 0.1) is 6.61 Å². The first kappa shape index (κ1) is 10.7. The van der Waals surface area contributed by atoms with E-state index in [9.17, 15) is 4.79 Å². The minimum atomic E-state index is -1.61. The van der Waals surface area contributed by atoms with E-state index in [4.69, 9.17) is 14.8 Å². The third-order valence-electron chi connectivity index (χ3n) is 1.57. The SMILES string of the molecule is CCOC(=O)c1cc(B(O)O)ccn1. The summed E-state index contributed by atoms with van der Waals surface area (Å²) in [7, 11) is -1.61. The molecule has 5 nitrogen and oxygen atoms in total. The van der Waals surface area contributed by atoms with Crippen molar-refractivity contribution >= 4 is 18.6 Å². The number of carbonyl (C=O) groups is 1. The van der Waals surface area contributed by atoms with E-state index in [-0.39, 0.29) is 17.8 Å². The molecule has 0 aliphatic carbocycles. The topological polar surface area (TPSA) is 79.7 Å². The van der Waals surface area contributed by atoms with Gasteiger partial charge in [-0.25, -0.2) is 9.78 Å². The van der Waals surface area contributed by atoms with Crippen molar-refractivity contribution in [3.63, 3.8) is 0 Å². The number of ether oxygens (including phenoxy) is 1. The van der Waals surface area contributed by atoms with Gasteiger partial charge in [-0.2, -0.15) is 0 Å². The highest BCUT2D eigenvalue weighted by Gasteiger charge is 2.14. The molecular formula is C8H10BNO4. The van der Waals surface area contributed by atoms with E-state index in [1.54, 1.807) is 6.92 Å². The lowest BCUT2D eigenvalue weighted by Crippen LogP contribution is -2.30. The molecule has 6 heteroatoms. The van der Waals surface area contributed by atoms with Crippen molar-refractivity contribution in [1.29, 1.82) is 0 Å². The zero-order valence-electron chi connectivity index (χ0n) is 7.67. The molecule has 14 heavy (non-hydrogen) atoms. The molecule has 0 aliphatic rings. The van der Waals surface area contributed by atoms with E-state index >= 15 is 0 Å². The van der Waals surface area contributed by atoms with Crippen LogP contribution in [0, 0.1) is 0 Å². The zero-order chi connectivity index (χ0) is 10.6. The van der Waals surface area contributed by atoms with Crippen molar-refractivity contribution in [1.82, 2.24) is 4.98 Å². The number of rotatable bonds is 3. The fraction of sp³-hybridized carbons (Fsp3) is 0.250. The zero-order valence-corrected chi connectivity index (χ0v) is 7.67. The highest BCUT2D eigenvalue weighted by molar-refractivity contribution is 6.58. The van der Waals surface area contributed by atoms with Crippen LogP contribution in [0.4, 0.5) is 0 Å². The molecule has 0 bridgehead atoms. The summed E-state index contributed by atoms with van der Waals surface area (Å²) in [5.41, 5.74) is 0.278. The van der Waals surface area contributed by atoms with Crippen LogP contribution in [0.25, 0.3) is 0 Å². The number of nitrogens with zero attached hydrogens (tertiary/aromatic N) is 1. The summed E-state index contributed by atoms with van der Waals surface area (Å²) in [6.07, 6.45) is 1.32. The van der Waals surface area contributed by atoms with Crippen LogP contribution in [0.3, 0.4) is 0 Å². The van der Waals surface area contributed by atoms with E-state index in [2.05, 4.69) is 4.98 Å². The molecule has 1 aromatic heterocycles. The summed E-state index contributed by atoms with van der Waals surface area (Å²) in [6.45, 7) is 1.94. The summed E-state index contributed by atoms with van der Waals surface area (Å²) in [5, 5.41) is 17.7. The fourth-order valence-electron chi connectivity index (χ4n) is 0.924. The molecule has 0 fully saturated rings. The first-order valence-electron chi connectivity index (χ1n) is 4.14. The molecule has 74 valence electrons. The van der Waals surface area contributed by atoms with Crippen molar-refractivity contribution in [2.45, 2.75) is 6.92 Å². The van der Waals surface area contributed by atoms with Crippen LogP contribution in [0.5, 0.6) is 0 Å². The Morgan fingerprint density at radius 2 is 2.36 bits per heavy atom. The van der Waals surface area contributed by atoms with Gasteiger partial charge in [0.1, 0.15) is 5.69 Å². The minimum Gasteiger partial charge on any atom is -0.461 e. The van der Waals surface area contributed by atoms with Gasteiger partial charge in [-0.15, -0.1) is 0 Å². The standard InChI is InChI=1S/C8H10BNO4/c1-2-14-8(11)7-5-6(9(12)13)3-4-10-7/h3-5,12-13H,2H2,1H3. The molecule has 0 amide bonds. The highest BCUT2D eigenvalue weighted by atomic mass is 16.5. The van der Waals surface area contributed by atoms with Crippen molar-refractivity contribution in [2.75, 3.05) is 6.61 Å². The van der Waals surface area contributed by atoms with Crippen LogP contribution >= 0.6 is 0 Å². The summed E-state index contributed by atoms with van der Waals surface area (Å²) in [5.74, 6) is -0.574. The van der Waals surface area contributed by atoms with Crippen LogP contribution < -0.4 is 5.46 Å². The quantitative estimate of drug-likeness (QED) is 0.474. The van der Waals surface area contributed by atoms with Crippen LogP contribution in [0.15, 0.2) is 18.3 Å². The van der Waals surface area contributed by atoms with Crippen molar-refractivity contribution in [3.8, 4) is 0 Å². The average Bonchev–Trinajstić information content (AvgIpc) is 2.18. The third-order valence-corrected chi connectivity index (χ3v) is 1.57. The maximum absolute atomic E-state index is 11.2. The maximum Gasteiger partial charge on any atom is 0.488 e. The smallest absolute Gasteiger partial charge is 0.461 e. The van der Waals surface area contributed by atoms with Gasteiger partial charge >= 0.3 is 13.1 Å². The Morgan fingerprint density at radius 3 is 2.93 bits per heavy atom. The molecule has 0 aromatic carbocycles. The Morgan fingerprint density at radius 1 is 1.64 bits per heavy atom. The molecule has 0 atom stereocenters. The van der Waals surface area contributed by atoms with Crippen LogP contribution in [-0.2, 0) is 4.74 Å². The predicted molar refractivity (Wildman–Crippen MR) is 50.0 cm³/mol. The predicted octanol–water partition coefficient (Wildman–Crippen LogP) is -1.06. The van der Waals surface area contributed by atoms with Gasteiger partial charge in [0.2, 0.25) is 0 Å². The van der Waals surface area contributed by atoms with Crippen molar-refractivity contribution in [3.05, 3.63) is 24.0 Å². The number of aromatic nitrogens is 1. The lowest BCUT2D eigenvalue weighted by atomic mass is 9.81. The molecule has 0 spiro atoms. The monoisotopic (exact) mass is 195 g/mol. The van der Waals surface area contributed by atoms with E-state index in [1.165, 1.54) is 18.3 Å². The normalized spacial score (nSPS) is 9.64. The maximum atomic E-state index is 11.2. The summed E-state index contributed by atoms with van der Waals surface area (Å²) in [4.78, 5) is 14.9. The summed E-state index contributed by atoms with van der Waals surface area (Å²) >= 11 is 0. The van der Waals surface area contributed by atoms with Gasteiger partial charge in [0.25, 0.3) is 0 Å². The van der Waals surface area contributed by atoms with Crippen molar-refractivity contribution < 1.29 is 19.6 Å². The van der Waals surface area contributed by atoms with Gasteiger partial charge < -0.3 is 14.8 Å². The van der Waals surface area contributed by atoms with E-state index in [1.807, 2.05) is 0 Å². The second-order valence-electron chi connectivity index (χ2n) is 2.57. The molecule has 0 unspecified atom stereocenters. The molecule has 1 heterocycles. The van der Waals surface area contributed by atoms with Gasteiger partial charge in [-0.3, -0.25) is 0 Å². The molecule has 0 saturated carbocycles. The molecule has 2 N–H and O–H groups in total. The summed E-state index contributed by atoms with van der Waals surface area (Å²) < 4.78 is 4.70. The van der Waals surface area contributed by atoms with Gasteiger partial charge in [-0.1, -0.05) is 0 Å². The Balaban J connectivity index is 2.88. The van der Waals surface area contributed by atoms with Crippen LogP contribution in [-0.4, -0.2) is 34.7 Å². The number of carbonyl (C=O) groups excluding carboxylic acids is 1. The van der Waals surface area contributed by atoms with Gasteiger partial charge in [-0.05, 0) is 24.5 Å². The molecule has 1 rings (SSSR count). The fourth-order valence-corrected chi connectivity index (χ4v) is 0.924. The first-order valence-corrected chi connectivity index (χ1v) is 4.14. The van der Waals surface area contributed by atoms with Crippen molar-refractivity contribution in [2.24, 2.45) is 0 Å². The molecule has 0 aliphatic heterocycles. The van der Waals surface area contributed by atoms with E-state index < -0.39 is 13.1 Å². The average molecular weight is 195 g/mol. The molecule has 1 aromatic rings. The second kappa shape index (κ2) is 4.73. The number of hydrogen-bond donors (Lipinski definition) is 2. The number of hydrogen-bond acceptors (Lipinski definition) is 5. The molecular weight excluding hydrogens is 185 g/mol. The second-order valence-corrected chi connectivity index (χ2v) is 2.57. The van der Waals surface area contributed by atoms with Gasteiger partial charge in [0.15, 0.2) is 0 Å². The Kier molecular flexibility index (Phi) is 3.61. The van der Waals surface area contributed by atoms with E-state index in [0.29, 0.717) is 0 Å². The van der Waals surface area contributed by atoms with E-state index in [0.717, 1.165) is 0 Å². The van der Waals surface area contributed by atoms with Crippen LogP contribution in [0.1, 0.15) is 17.4 Å². The summed E-state index contributed by atoms with van der Waals surface area (Å²) in [6, 6.07) is 2.69. The lowest BCUT2D eigenvalue weighted by molar-refractivity contribution is 0.0519. The Labute approximate surface area is 81.5 Å². The lowest BCUT2D eigenvalue weighted by Gasteiger charge is -2.02. The van der Waals surface area contributed by atoms with Crippen LogP contribution in [0.2, 0.25) is 0 Å². The Bertz CT molecular complexity index is 329. The third kappa shape index (κ3) is 2.55. The highest BCUT2D eigenvalue weighted by Crippen LogP contribution is 1.95. The number of esters is 1. The molecule has 0 radical (unpaired) electrons. The Hall–Kier alpha value is -1.40. The largest absolute Gasteiger partial charge is 0.488 e. The molecule has 0 saturated heterocycles.